The molecule has 0 aliphatic rings. The molecule has 0 bridgehead atoms. The number of furan rings is 3. The Hall–Kier alpha value is -19.6. The third kappa shape index (κ3) is 14.1. The predicted octanol–water partition coefficient (Wildman–Crippen LogP) is 41.9. The van der Waals surface area contributed by atoms with E-state index in [0.717, 1.165) is 169 Å². The lowest BCUT2D eigenvalue weighted by Gasteiger charge is -2.19. The molecule has 0 N–H and O–H groups in total. The Morgan fingerprint density at radius 3 is 0.792 bits per heavy atom. The molecular formula is C146H88O3. The van der Waals surface area contributed by atoms with Crippen LogP contribution >= 0.6 is 0 Å². The molecule has 0 radical (unpaired) electrons. The molecule has 0 aliphatic carbocycles. The van der Waals surface area contributed by atoms with Crippen molar-refractivity contribution < 1.29 is 50.3 Å². The second-order valence-corrected chi connectivity index (χ2v) is 37.6. The van der Waals surface area contributed by atoms with E-state index in [1.807, 2.05) is 84.9 Å². The van der Waals surface area contributed by atoms with E-state index >= 15 is 0 Å². The lowest BCUT2D eigenvalue weighted by atomic mass is 9.84. The summed E-state index contributed by atoms with van der Waals surface area (Å²) in [4.78, 5) is 0. The molecule has 690 valence electrons. The fraction of sp³-hybridized carbons (Fsp3) is 0. The van der Waals surface area contributed by atoms with Crippen molar-refractivity contribution in [1.29, 1.82) is 0 Å². The number of rotatable bonds is 9. The van der Waals surface area contributed by atoms with Gasteiger partial charge in [-0.3, -0.25) is 0 Å². The molecule has 32 rings (SSSR count). The molecule has 0 spiro atoms. The monoisotopic (exact) mass is 1920 g/mol. The van der Waals surface area contributed by atoms with Crippen molar-refractivity contribution in [2.75, 3.05) is 0 Å². The van der Waals surface area contributed by atoms with Crippen molar-refractivity contribution in [1.82, 2.24) is 0 Å². The molecule has 0 aliphatic heterocycles. The highest BCUT2D eigenvalue weighted by atomic mass is 16.3. The molecule has 0 atom stereocenters. The van der Waals surface area contributed by atoms with Gasteiger partial charge in [0.2, 0.25) is 0 Å². The minimum Gasteiger partial charge on any atom is -0.456 e. The van der Waals surface area contributed by atoms with Gasteiger partial charge in [-0.05, 0) is 336 Å². The second kappa shape index (κ2) is 34.6. The van der Waals surface area contributed by atoms with Crippen LogP contribution < -0.4 is 0 Å². The molecule has 0 amide bonds. The Labute approximate surface area is 895 Å². The van der Waals surface area contributed by atoms with Crippen molar-refractivity contribution in [3.63, 3.8) is 0 Å². The first-order valence-electron chi connectivity index (χ1n) is 62.7. The Bertz CT molecular complexity index is 12900. The average molecular weight is 1920 g/mol. The molecule has 32 aromatic rings. The van der Waals surface area contributed by atoms with Gasteiger partial charge in [0, 0.05) is 32.3 Å². The van der Waals surface area contributed by atoms with E-state index in [2.05, 4.69) is 285 Å². The van der Waals surface area contributed by atoms with E-state index in [1.54, 1.807) is 0 Å². The lowest BCUT2D eigenvalue weighted by Crippen LogP contribution is -1.92. The van der Waals surface area contributed by atoms with Crippen LogP contribution in [0.25, 0.3) is 317 Å². The zero-order valence-electron chi connectivity index (χ0n) is 106. The van der Waals surface area contributed by atoms with Gasteiger partial charge >= 0.3 is 0 Å². The molecule has 149 heavy (non-hydrogen) atoms. The topological polar surface area (TPSA) is 39.4 Å². The zero-order valence-corrected chi connectivity index (χ0v) is 78.9. The van der Waals surface area contributed by atoms with Crippen molar-refractivity contribution in [3.05, 3.63) is 533 Å². The van der Waals surface area contributed by atoms with Gasteiger partial charge in [0.25, 0.3) is 0 Å². The van der Waals surface area contributed by atoms with Gasteiger partial charge in [0.15, 0.2) is 0 Å². The fourth-order valence-corrected chi connectivity index (χ4v) is 22.8. The first-order valence-corrected chi connectivity index (χ1v) is 49.2. The smallest absolute Gasteiger partial charge is 0.136 e. The maximum absolute atomic E-state index is 9.41. The number of hydrogen-bond acceptors (Lipinski definition) is 3. The van der Waals surface area contributed by atoms with Crippen LogP contribution in [0.5, 0.6) is 0 Å². The van der Waals surface area contributed by atoms with Gasteiger partial charge < -0.3 is 13.3 Å². The van der Waals surface area contributed by atoms with Crippen molar-refractivity contribution in [2.24, 2.45) is 0 Å². The highest BCUT2D eigenvalue weighted by Crippen LogP contribution is 2.53. The van der Waals surface area contributed by atoms with Crippen LogP contribution in [0.2, 0.25) is 0 Å². The van der Waals surface area contributed by atoms with Crippen LogP contribution in [-0.4, -0.2) is 0 Å². The van der Waals surface area contributed by atoms with Crippen LogP contribution in [0.1, 0.15) is 37.0 Å². The summed E-state index contributed by atoms with van der Waals surface area (Å²) < 4.78 is 256. The van der Waals surface area contributed by atoms with Gasteiger partial charge in [0.1, 0.15) is 33.5 Å². The summed E-state index contributed by atoms with van der Waals surface area (Å²) in [6.45, 7) is 0. The quantitative estimate of drug-likeness (QED) is 0.135. The summed E-state index contributed by atoms with van der Waals surface area (Å²) in [6.07, 6.45) is 0. The van der Waals surface area contributed by atoms with E-state index in [1.165, 1.54) is 16.2 Å². The highest BCUT2D eigenvalue weighted by Gasteiger charge is 2.26. The van der Waals surface area contributed by atoms with Gasteiger partial charge in [-0.15, -0.1) is 0 Å². The molecular weight excluding hydrogens is 1800 g/mol. The van der Waals surface area contributed by atoms with E-state index in [0.29, 0.717) is 16.7 Å². The van der Waals surface area contributed by atoms with Crippen LogP contribution in [0.15, 0.2) is 546 Å². The first-order chi connectivity index (χ1) is 85.2. The number of fused-ring (bicyclic) bond motifs is 23. The van der Waals surface area contributed by atoms with Crippen molar-refractivity contribution in [3.8, 4) is 100 Å². The van der Waals surface area contributed by atoms with Gasteiger partial charge in [-0.2, -0.15) is 0 Å². The Balaban J connectivity index is 0.000000116. The minimum atomic E-state index is -0.532. The largest absolute Gasteiger partial charge is 0.456 e. The van der Waals surface area contributed by atoms with Gasteiger partial charge in [-0.1, -0.05) is 448 Å². The third-order valence-electron chi connectivity index (χ3n) is 29.3. The fourth-order valence-electron chi connectivity index (χ4n) is 22.8. The van der Waals surface area contributed by atoms with E-state index in [9.17, 15) is 6.85 Å². The number of benzene rings is 29. The minimum absolute atomic E-state index is 0.0544. The molecule has 3 aromatic heterocycles. The van der Waals surface area contributed by atoms with Crippen LogP contribution in [0.4, 0.5) is 0 Å². The zero-order chi connectivity index (χ0) is 121. The summed E-state index contributed by atoms with van der Waals surface area (Å²) in [6, 6.07) is 116. The third-order valence-corrected chi connectivity index (χ3v) is 29.3. The van der Waals surface area contributed by atoms with Crippen molar-refractivity contribution in [2.45, 2.75) is 0 Å². The van der Waals surface area contributed by atoms with Crippen LogP contribution in [0, 0.1) is 0 Å². The molecule has 0 saturated carbocycles. The molecule has 0 unspecified atom stereocenters. The molecule has 3 nitrogen and oxygen atoms in total. The van der Waals surface area contributed by atoms with Crippen LogP contribution in [-0.2, 0) is 0 Å². The van der Waals surface area contributed by atoms with Crippen molar-refractivity contribution >= 4 is 217 Å². The normalized spacial score (nSPS) is 14.4. The van der Waals surface area contributed by atoms with E-state index in [4.69, 9.17) is 43.4 Å². The summed E-state index contributed by atoms with van der Waals surface area (Å²) in [5.74, 6) is 0. The summed E-state index contributed by atoms with van der Waals surface area (Å²) in [7, 11) is 0. The first kappa shape index (κ1) is 62.1. The maximum Gasteiger partial charge on any atom is 0.136 e. The molecule has 3 heterocycles. The maximum atomic E-state index is 9.41. The Morgan fingerprint density at radius 2 is 0.389 bits per heavy atom. The number of hydrogen-bond donors (Lipinski definition) is 0. The van der Waals surface area contributed by atoms with Crippen LogP contribution in [0.3, 0.4) is 0 Å². The highest BCUT2D eigenvalue weighted by molar-refractivity contribution is 6.29. The molecule has 29 aromatic carbocycles. The second-order valence-electron chi connectivity index (χ2n) is 37.6. The predicted molar refractivity (Wildman–Crippen MR) is 635 cm³/mol. The molecule has 0 fully saturated rings. The van der Waals surface area contributed by atoms with Gasteiger partial charge in [0.05, 0.1) is 37.0 Å². The summed E-state index contributed by atoms with van der Waals surface area (Å²) in [5, 5.41) is 23.3. The summed E-state index contributed by atoms with van der Waals surface area (Å²) >= 11 is 0. The molecule has 3 heteroatoms. The summed E-state index contributed by atoms with van der Waals surface area (Å²) in [5.41, 5.74) is 14.5. The average Bonchev–Trinajstić information content (AvgIpc) is 1.52. The Kier molecular flexibility index (Phi) is 14.4. The molecule has 0 saturated heterocycles. The Morgan fingerprint density at radius 1 is 0.128 bits per heavy atom. The van der Waals surface area contributed by atoms with E-state index < -0.39 is 78.6 Å². The van der Waals surface area contributed by atoms with Gasteiger partial charge in [-0.25, -0.2) is 0 Å². The SMILES string of the molecule is [2H]c1c([2H])c(-c2ccc(-c3c4ccccc4c(-c4ccc5ccccc5c4)c4ccccc34)cc2)c2c(oc3c([2H])c4c([2H])c([2H])c([2H])c([2H])c4c([2H])c32)c1[2H].[2H]c1c([2H])c(-c2ccc3ccc(-c4c5ccccc5c(-c5ccc6ccccc6c5)c5ccccc45)cc3c2)c2c(oc3c([2H])c4c([2H])c([2H])c([2H])c([2H])c4c([2H])c32)c1[2H].[2H]c1c([2H])c(-c2cccc3ccc(-c4c5ccccc5c(-c5cccc6ccccc56)c5ccccc45)cc23)c2c(oc3c([2H])c4c([2H])c([2H])c([2H])c([2H])c4c([2H])c32)c1[2H]. The lowest BCUT2D eigenvalue weighted by molar-refractivity contribution is 0.669. The van der Waals surface area contributed by atoms with E-state index in [-0.39, 0.29) is 199 Å². The standard InChI is InChI=1S/2C50H30O.C46H28O/c1-2-14-34-30-47-45(28-33(34)13-1)50-39(24-11-25-46(50)51-47)37-22-9-16-32-26-27-35(29-44(32)37)48-40-18-5-7-20-42(40)49(43-21-8-6-19-41(43)48)38-23-10-15-31-12-3-4-17-36(31)38;1-2-11-33-26-37(24-21-31(33)10-1)48-41-14-5-7-16-43(41)49(44-17-8-6-15-42(44)48)38-25-22-32-20-23-36(27-39(32)28-38)40-18-9-19-46-50(40)45-29-34-12-3-4-13-35(34)30-47(45)51-46;1-2-11-32-26-35(25-20-29(32)10-1)45-39-16-7-5-14-37(39)44(38-15-6-8-17-40(38)45)31-23-21-30(22-24-31)36-18-9-19-42-46(36)41-27-33-12-3-4-13-34(33)28-43(41)47-42/h2*1-30H;1-28H/i1D,2D,11D,13D,14D,24D,25D,28D,30D;3D,4D,9D,12D,13D,18D,19D,29D,30D;3D,4D,9D,12D,13D,18D,19D,27D,28D.